The number of carbonyl (C=O) groups excluding carboxylic acids is 1. The molecule has 1 N–H and O–H groups in total. The van der Waals surface area contributed by atoms with E-state index in [0.29, 0.717) is 29.5 Å². The molecule has 4 aromatic rings. The summed E-state index contributed by atoms with van der Waals surface area (Å²) < 4.78 is 34.9. The summed E-state index contributed by atoms with van der Waals surface area (Å²) in [6, 6.07) is 19.1. The lowest BCUT2D eigenvalue weighted by Crippen LogP contribution is -2.37. The lowest BCUT2D eigenvalue weighted by atomic mass is 10.1. The Kier molecular flexibility index (Phi) is 6.79. The summed E-state index contributed by atoms with van der Waals surface area (Å²) >= 11 is 1.48. The number of ether oxygens (including phenoxy) is 1. The van der Waals surface area contributed by atoms with Crippen molar-refractivity contribution >= 4 is 48.3 Å². The summed E-state index contributed by atoms with van der Waals surface area (Å²) in [5.41, 5.74) is 3.76. The van der Waals surface area contributed by atoms with Crippen LogP contribution in [0.15, 0.2) is 71.6 Å². The van der Waals surface area contributed by atoms with Crippen LogP contribution in [0.5, 0.6) is 0 Å². The number of anilines is 2. The van der Waals surface area contributed by atoms with Gasteiger partial charge in [0, 0.05) is 17.9 Å². The third kappa shape index (κ3) is 5.13. The van der Waals surface area contributed by atoms with Crippen LogP contribution in [-0.4, -0.2) is 38.6 Å². The second kappa shape index (κ2) is 10.0. The maximum absolute atomic E-state index is 13.6. The summed E-state index contributed by atoms with van der Waals surface area (Å²) in [6.07, 6.45) is 1.83. The molecule has 36 heavy (non-hydrogen) atoms. The molecule has 1 aliphatic heterocycles. The Bertz CT molecular complexity index is 1490. The fraction of sp³-hybridized carbons (Fsp3) is 0.259. The van der Waals surface area contributed by atoms with E-state index in [4.69, 9.17) is 9.72 Å². The number of nitrogens with zero attached hydrogens (tertiary/aromatic N) is 2. The number of hydrogen-bond acceptors (Lipinski definition) is 6. The van der Waals surface area contributed by atoms with Crippen molar-refractivity contribution in [3.63, 3.8) is 0 Å². The number of benzene rings is 3. The summed E-state index contributed by atoms with van der Waals surface area (Å²) in [5.74, 6) is -0.199. The van der Waals surface area contributed by atoms with E-state index in [-0.39, 0.29) is 16.9 Å². The van der Waals surface area contributed by atoms with Crippen LogP contribution >= 0.6 is 11.3 Å². The molecule has 9 heteroatoms. The van der Waals surface area contributed by atoms with Crippen molar-refractivity contribution in [3.05, 3.63) is 83.4 Å². The highest BCUT2D eigenvalue weighted by Crippen LogP contribution is 2.32. The third-order valence-electron chi connectivity index (χ3n) is 6.21. The zero-order valence-corrected chi connectivity index (χ0v) is 21.7. The minimum Gasteiger partial charge on any atom is -0.376 e. The Morgan fingerprint density at radius 2 is 1.83 bits per heavy atom. The number of nitrogens with one attached hydrogen (secondary N) is 1. The van der Waals surface area contributed by atoms with Crippen LogP contribution in [0.25, 0.3) is 10.2 Å². The molecule has 7 nitrogen and oxygen atoms in total. The zero-order valence-electron chi connectivity index (χ0n) is 20.1. The number of para-hydroxylation sites is 1. The molecule has 1 unspecified atom stereocenters. The highest BCUT2D eigenvalue weighted by molar-refractivity contribution is 7.92. The van der Waals surface area contributed by atoms with Gasteiger partial charge in [-0.1, -0.05) is 41.2 Å². The van der Waals surface area contributed by atoms with Crippen LogP contribution in [0.3, 0.4) is 0 Å². The molecule has 0 bridgehead atoms. The van der Waals surface area contributed by atoms with Crippen molar-refractivity contribution in [3.8, 4) is 0 Å². The number of amides is 1. The van der Waals surface area contributed by atoms with Crippen LogP contribution in [0.1, 0.15) is 34.3 Å². The number of carbonyl (C=O) groups is 1. The topological polar surface area (TPSA) is 88.6 Å². The minimum absolute atomic E-state index is 0.0392. The van der Waals surface area contributed by atoms with E-state index in [0.717, 1.165) is 34.2 Å². The molecule has 1 amide bonds. The van der Waals surface area contributed by atoms with E-state index in [1.165, 1.54) is 11.3 Å². The monoisotopic (exact) mass is 521 g/mol. The summed E-state index contributed by atoms with van der Waals surface area (Å²) in [4.78, 5) is 20.3. The highest BCUT2D eigenvalue weighted by Gasteiger charge is 2.27. The zero-order chi connectivity index (χ0) is 25.3. The minimum atomic E-state index is -3.73. The second-order valence-corrected chi connectivity index (χ2v) is 11.7. The van der Waals surface area contributed by atoms with Crippen LogP contribution in [0, 0.1) is 13.8 Å². The largest absolute Gasteiger partial charge is 0.376 e. The molecular weight excluding hydrogens is 494 g/mol. The van der Waals surface area contributed by atoms with E-state index in [1.807, 2.05) is 32.0 Å². The lowest BCUT2D eigenvalue weighted by Gasteiger charge is -2.23. The summed E-state index contributed by atoms with van der Waals surface area (Å²) in [6.45, 7) is 5.02. The van der Waals surface area contributed by atoms with E-state index >= 15 is 0 Å². The molecule has 1 fully saturated rings. The quantitative estimate of drug-likeness (QED) is 0.345. The van der Waals surface area contributed by atoms with Gasteiger partial charge in [0.15, 0.2) is 5.13 Å². The third-order valence-corrected chi connectivity index (χ3v) is 8.65. The summed E-state index contributed by atoms with van der Waals surface area (Å²) in [7, 11) is -3.73. The van der Waals surface area contributed by atoms with Gasteiger partial charge in [0.25, 0.3) is 15.9 Å². The fourth-order valence-corrected chi connectivity index (χ4v) is 6.31. The van der Waals surface area contributed by atoms with Crippen molar-refractivity contribution in [2.24, 2.45) is 0 Å². The van der Waals surface area contributed by atoms with Gasteiger partial charge in [-0.15, -0.1) is 0 Å². The molecule has 0 saturated carbocycles. The summed E-state index contributed by atoms with van der Waals surface area (Å²) in [5, 5.41) is 0.629. The van der Waals surface area contributed by atoms with Crippen LogP contribution in [0.2, 0.25) is 0 Å². The fourth-order valence-electron chi connectivity index (χ4n) is 4.20. The van der Waals surface area contributed by atoms with Gasteiger partial charge in [0.05, 0.1) is 27.8 Å². The van der Waals surface area contributed by atoms with Gasteiger partial charge in [-0.2, -0.15) is 0 Å². The molecule has 1 aromatic heterocycles. The molecule has 1 atom stereocenters. The molecule has 1 aliphatic rings. The van der Waals surface area contributed by atoms with Gasteiger partial charge >= 0.3 is 0 Å². The predicted molar refractivity (Wildman–Crippen MR) is 143 cm³/mol. The van der Waals surface area contributed by atoms with Crippen molar-refractivity contribution in [1.29, 1.82) is 0 Å². The Morgan fingerprint density at radius 1 is 1.08 bits per heavy atom. The molecule has 2 heterocycles. The van der Waals surface area contributed by atoms with Crippen LogP contribution in [-0.2, 0) is 14.8 Å². The van der Waals surface area contributed by atoms with Gasteiger partial charge in [0.1, 0.15) is 0 Å². The first-order valence-corrected chi connectivity index (χ1v) is 14.1. The van der Waals surface area contributed by atoms with Crippen molar-refractivity contribution < 1.29 is 17.9 Å². The number of thiazole rings is 1. The molecule has 3 aromatic carbocycles. The average molecular weight is 522 g/mol. The first-order chi connectivity index (χ1) is 17.3. The Hall–Kier alpha value is -3.27. The number of rotatable bonds is 7. The van der Waals surface area contributed by atoms with Crippen molar-refractivity contribution in [1.82, 2.24) is 4.98 Å². The molecule has 5 rings (SSSR count). The van der Waals surface area contributed by atoms with Crippen molar-refractivity contribution in [2.75, 3.05) is 22.8 Å². The van der Waals surface area contributed by atoms with Crippen LogP contribution < -0.4 is 9.62 Å². The maximum Gasteiger partial charge on any atom is 0.261 e. The lowest BCUT2D eigenvalue weighted by molar-refractivity contribution is 0.0917. The Morgan fingerprint density at radius 3 is 2.50 bits per heavy atom. The molecule has 0 spiro atoms. The van der Waals surface area contributed by atoms with Crippen LogP contribution in [0.4, 0.5) is 10.8 Å². The first kappa shape index (κ1) is 24.4. The van der Waals surface area contributed by atoms with E-state index in [2.05, 4.69) is 4.72 Å². The van der Waals surface area contributed by atoms with E-state index < -0.39 is 10.0 Å². The standard InChI is InChI=1S/C27H27N3O4S2/c1-18-8-14-23(15-9-18)36(32,33)29-21-12-10-20(11-13-21)26(31)30(17-22-6-4-16-34-22)27-28-25-19(2)5-3-7-24(25)35-27/h3,5,7-15,22,29H,4,6,16-17H2,1-2H3. The highest BCUT2D eigenvalue weighted by atomic mass is 32.2. The van der Waals surface area contributed by atoms with Gasteiger partial charge in [-0.05, 0) is 74.7 Å². The van der Waals surface area contributed by atoms with Gasteiger partial charge in [0.2, 0.25) is 0 Å². The van der Waals surface area contributed by atoms with Gasteiger partial charge < -0.3 is 4.74 Å². The molecule has 186 valence electrons. The smallest absolute Gasteiger partial charge is 0.261 e. The molecule has 0 aliphatic carbocycles. The maximum atomic E-state index is 13.6. The van der Waals surface area contributed by atoms with Gasteiger partial charge in [-0.3, -0.25) is 14.4 Å². The SMILES string of the molecule is Cc1ccc(S(=O)(=O)Nc2ccc(C(=O)N(CC3CCCO3)c3nc4c(C)cccc4s3)cc2)cc1. The number of aromatic nitrogens is 1. The second-order valence-electron chi connectivity index (χ2n) is 8.96. The number of hydrogen-bond donors (Lipinski definition) is 1. The number of fused-ring (bicyclic) bond motifs is 1. The van der Waals surface area contributed by atoms with Crippen molar-refractivity contribution in [2.45, 2.75) is 37.7 Å². The number of sulfonamides is 1. The van der Waals surface area contributed by atoms with E-state index in [9.17, 15) is 13.2 Å². The molecular formula is C27H27N3O4S2. The average Bonchev–Trinajstić information content (AvgIpc) is 3.53. The normalized spacial score (nSPS) is 15.8. The molecule has 1 saturated heterocycles. The predicted octanol–water partition coefficient (Wildman–Crippen LogP) is 5.54. The van der Waals surface area contributed by atoms with E-state index in [1.54, 1.807) is 53.4 Å². The number of aryl methyl sites for hydroxylation is 2. The Labute approximate surface area is 214 Å². The Balaban J connectivity index is 1.40. The van der Waals surface area contributed by atoms with Gasteiger partial charge in [-0.25, -0.2) is 13.4 Å². The first-order valence-electron chi connectivity index (χ1n) is 11.8. The molecule has 0 radical (unpaired) electrons.